The highest BCUT2D eigenvalue weighted by atomic mass is 35.6. The number of halogens is 3. The van der Waals surface area contributed by atoms with Crippen LogP contribution in [-0.2, 0) is 4.74 Å². The first-order valence-electron chi connectivity index (χ1n) is 3.44. The number of thioether (sulfide) groups is 1. The van der Waals surface area contributed by atoms with E-state index in [1.54, 1.807) is 13.2 Å². The van der Waals surface area contributed by atoms with Gasteiger partial charge in [-0.15, -0.1) is 11.8 Å². The second-order valence-corrected chi connectivity index (χ2v) is 5.33. The fourth-order valence-electron chi connectivity index (χ4n) is 0.554. The molecule has 0 saturated carbocycles. The molecule has 13 heavy (non-hydrogen) atoms. The van der Waals surface area contributed by atoms with Gasteiger partial charge < -0.3 is 10.1 Å². The highest BCUT2D eigenvalue weighted by Crippen LogP contribution is 2.34. The summed E-state index contributed by atoms with van der Waals surface area (Å²) in [5, 5.41) is 1.80. The molecule has 1 amide bonds. The number of ether oxygens (including phenoxy) is 1. The average molecular weight is 267 g/mol. The molecule has 0 aliphatic heterocycles. The minimum Gasteiger partial charge on any atom is -0.450 e. The van der Waals surface area contributed by atoms with Gasteiger partial charge in [-0.25, -0.2) is 4.79 Å². The van der Waals surface area contributed by atoms with Crippen LogP contribution in [0, 0.1) is 0 Å². The van der Waals surface area contributed by atoms with Crippen LogP contribution in [0.3, 0.4) is 0 Å². The topological polar surface area (TPSA) is 38.3 Å². The Morgan fingerprint density at radius 3 is 2.46 bits per heavy atom. The van der Waals surface area contributed by atoms with Crippen LogP contribution in [0.5, 0.6) is 0 Å². The quantitative estimate of drug-likeness (QED) is 0.630. The molecule has 0 aliphatic carbocycles. The number of rotatable bonds is 3. The Balaban J connectivity index is 4.06. The van der Waals surface area contributed by atoms with Gasteiger partial charge in [0.1, 0.15) is 5.37 Å². The fourth-order valence-corrected chi connectivity index (χ4v) is 2.00. The number of alkyl halides is 3. The second-order valence-electron chi connectivity index (χ2n) is 2.02. The highest BCUT2D eigenvalue weighted by Gasteiger charge is 2.33. The van der Waals surface area contributed by atoms with E-state index in [4.69, 9.17) is 34.8 Å². The van der Waals surface area contributed by atoms with Gasteiger partial charge in [-0.05, 0) is 13.2 Å². The van der Waals surface area contributed by atoms with Gasteiger partial charge in [0.2, 0.25) is 3.79 Å². The van der Waals surface area contributed by atoms with Crippen LogP contribution in [-0.4, -0.2) is 28.1 Å². The number of alkyl carbamates (subject to hydrolysis) is 1. The Morgan fingerprint density at radius 1 is 1.62 bits per heavy atom. The lowest BCUT2D eigenvalue weighted by Crippen LogP contribution is -2.41. The number of carbonyl (C=O) groups is 1. The van der Waals surface area contributed by atoms with E-state index in [0.717, 1.165) is 0 Å². The Morgan fingerprint density at radius 2 is 2.15 bits per heavy atom. The molecule has 0 aromatic rings. The molecule has 0 aromatic heterocycles. The fraction of sp³-hybridized carbons (Fsp3) is 0.833. The molecule has 3 nitrogen and oxygen atoms in total. The minimum absolute atomic E-state index is 0.285. The van der Waals surface area contributed by atoms with Crippen LogP contribution >= 0.6 is 46.6 Å². The summed E-state index contributed by atoms with van der Waals surface area (Å²) in [5.74, 6) is 0. The van der Waals surface area contributed by atoms with Crippen molar-refractivity contribution in [3.05, 3.63) is 0 Å². The average Bonchev–Trinajstić information content (AvgIpc) is 1.98. The number of carbonyl (C=O) groups excluding carboxylic acids is 1. The lowest BCUT2D eigenvalue weighted by atomic mass is 10.7. The van der Waals surface area contributed by atoms with Crippen LogP contribution in [0.4, 0.5) is 4.79 Å². The first-order valence-corrected chi connectivity index (χ1v) is 5.86. The Hall–Kier alpha value is 0.490. The lowest BCUT2D eigenvalue weighted by molar-refractivity contribution is 0.151. The summed E-state index contributed by atoms with van der Waals surface area (Å²) in [7, 11) is 0. The van der Waals surface area contributed by atoms with E-state index in [9.17, 15) is 4.79 Å². The molecular weight excluding hydrogens is 256 g/mol. The molecule has 0 fully saturated rings. The van der Waals surface area contributed by atoms with E-state index in [1.807, 2.05) is 0 Å². The van der Waals surface area contributed by atoms with Crippen LogP contribution in [0.1, 0.15) is 6.92 Å². The van der Waals surface area contributed by atoms with Crippen molar-refractivity contribution in [3.8, 4) is 0 Å². The van der Waals surface area contributed by atoms with Crippen molar-refractivity contribution >= 4 is 52.7 Å². The largest absolute Gasteiger partial charge is 0.450 e. The van der Waals surface area contributed by atoms with Crippen molar-refractivity contribution in [2.75, 3.05) is 12.9 Å². The Labute approximate surface area is 96.4 Å². The van der Waals surface area contributed by atoms with Crippen molar-refractivity contribution in [2.24, 2.45) is 0 Å². The molecule has 0 rings (SSSR count). The number of nitrogens with one attached hydrogen (secondary N) is 1. The molecule has 1 unspecified atom stereocenters. The molecule has 0 heterocycles. The van der Waals surface area contributed by atoms with Gasteiger partial charge >= 0.3 is 6.09 Å². The molecule has 7 heteroatoms. The summed E-state index contributed by atoms with van der Waals surface area (Å²) < 4.78 is 3.09. The highest BCUT2D eigenvalue weighted by molar-refractivity contribution is 7.99. The van der Waals surface area contributed by atoms with E-state index in [0.29, 0.717) is 0 Å². The molecule has 0 radical (unpaired) electrons. The Kier molecular flexibility index (Phi) is 6.29. The van der Waals surface area contributed by atoms with E-state index in [2.05, 4.69) is 10.1 Å². The second kappa shape index (κ2) is 6.06. The summed E-state index contributed by atoms with van der Waals surface area (Å²) in [6.07, 6.45) is 1.13. The summed E-state index contributed by atoms with van der Waals surface area (Å²) in [5.41, 5.74) is 0. The standard InChI is InChI=1S/C6H10Cl3NO2S/c1-3-12-5(11)10-4(13-2)6(7,8)9/h4H,3H2,1-2H3,(H,10,11). The number of hydrogen-bond acceptors (Lipinski definition) is 3. The first-order chi connectivity index (χ1) is 5.91. The third kappa shape index (κ3) is 5.73. The van der Waals surface area contributed by atoms with Gasteiger partial charge in [-0.3, -0.25) is 0 Å². The van der Waals surface area contributed by atoms with Gasteiger partial charge in [0.25, 0.3) is 0 Å². The van der Waals surface area contributed by atoms with Gasteiger partial charge in [-0.2, -0.15) is 0 Å². The summed E-state index contributed by atoms with van der Waals surface area (Å²) in [6, 6.07) is 0. The Bertz CT molecular complexity index is 174. The number of amides is 1. The van der Waals surface area contributed by atoms with Gasteiger partial charge in [0, 0.05) is 0 Å². The zero-order chi connectivity index (χ0) is 10.5. The molecule has 0 bridgehead atoms. The predicted octanol–water partition coefficient (Wildman–Crippen LogP) is 2.79. The van der Waals surface area contributed by atoms with Crippen molar-refractivity contribution in [3.63, 3.8) is 0 Å². The van der Waals surface area contributed by atoms with Crippen LogP contribution in [0.15, 0.2) is 0 Å². The summed E-state index contributed by atoms with van der Waals surface area (Å²) in [4.78, 5) is 10.9. The van der Waals surface area contributed by atoms with Crippen molar-refractivity contribution in [1.29, 1.82) is 0 Å². The van der Waals surface area contributed by atoms with E-state index in [-0.39, 0.29) is 6.61 Å². The molecule has 1 atom stereocenters. The minimum atomic E-state index is -1.54. The molecular formula is C6H10Cl3NO2S. The normalized spacial score (nSPS) is 13.6. The maximum absolute atomic E-state index is 10.9. The van der Waals surface area contributed by atoms with Gasteiger partial charge in [0.15, 0.2) is 0 Å². The van der Waals surface area contributed by atoms with Gasteiger partial charge in [0.05, 0.1) is 6.61 Å². The van der Waals surface area contributed by atoms with Crippen molar-refractivity contribution in [2.45, 2.75) is 16.1 Å². The van der Waals surface area contributed by atoms with Gasteiger partial charge in [-0.1, -0.05) is 34.8 Å². The molecule has 78 valence electrons. The van der Waals surface area contributed by atoms with Crippen LogP contribution in [0.2, 0.25) is 0 Å². The SMILES string of the molecule is CCOC(=O)NC(SC)C(Cl)(Cl)Cl. The van der Waals surface area contributed by atoms with E-state index in [1.165, 1.54) is 11.8 Å². The summed E-state index contributed by atoms with van der Waals surface area (Å²) in [6.45, 7) is 1.98. The third-order valence-corrected chi connectivity index (χ3v) is 3.04. The molecule has 0 aliphatic rings. The number of hydrogen-bond donors (Lipinski definition) is 1. The maximum Gasteiger partial charge on any atom is 0.408 e. The van der Waals surface area contributed by atoms with Crippen molar-refractivity contribution < 1.29 is 9.53 Å². The predicted molar refractivity (Wildman–Crippen MR) is 57.8 cm³/mol. The lowest BCUT2D eigenvalue weighted by Gasteiger charge is -2.22. The maximum atomic E-state index is 10.9. The molecule has 0 saturated heterocycles. The van der Waals surface area contributed by atoms with E-state index >= 15 is 0 Å². The van der Waals surface area contributed by atoms with Crippen LogP contribution in [0.25, 0.3) is 0 Å². The zero-order valence-corrected chi connectivity index (χ0v) is 10.2. The molecule has 0 spiro atoms. The third-order valence-electron chi connectivity index (χ3n) is 1.06. The molecule has 1 N–H and O–H groups in total. The molecule has 0 aromatic carbocycles. The van der Waals surface area contributed by atoms with E-state index < -0.39 is 15.3 Å². The smallest absolute Gasteiger partial charge is 0.408 e. The summed E-state index contributed by atoms with van der Waals surface area (Å²) >= 11 is 18.0. The van der Waals surface area contributed by atoms with Crippen LogP contribution < -0.4 is 5.32 Å². The van der Waals surface area contributed by atoms with Crippen molar-refractivity contribution in [1.82, 2.24) is 5.32 Å². The first kappa shape index (κ1) is 13.5. The zero-order valence-electron chi connectivity index (χ0n) is 7.14. The monoisotopic (exact) mass is 265 g/mol.